The molecule has 2 aliphatic rings. The lowest BCUT2D eigenvalue weighted by atomic mass is 9.96. The van der Waals surface area contributed by atoms with Crippen molar-refractivity contribution in [1.82, 2.24) is 15.3 Å². The number of aromatic nitrogens is 2. The summed E-state index contributed by atoms with van der Waals surface area (Å²) in [7, 11) is -3.24. The van der Waals surface area contributed by atoms with Crippen LogP contribution in [-0.2, 0) is 9.84 Å². The molecule has 1 atom stereocenters. The van der Waals surface area contributed by atoms with Gasteiger partial charge in [0, 0.05) is 29.8 Å². The Hall–Kier alpha value is -1.96. The normalized spacial score (nSPS) is 19.8. The van der Waals surface area contributed by atoms with Crippen LogP contribution in [0.15, 0.2) is 17.7 Å². The van der Waals surface area contributed by atoms with Crippen LogP contribution >= 0.6 is 0 Å². The van der Waals surface area contributed by atoms with Crippen molar-refractivity contribution in [1.29, 1.82) is 0 Å². The van der Waals surface area contributed by atoms with Gasteiger partial charge in [-0.1, -0.05) is 18.9 Å². The predicted octanol–water partition coefficient (Wildman–Crippen LogP) is 2.74. The molecule has 2 saturated carbocycles. The average Bonchev–Trinajstić information content (AvgIpc) is 3.10. The van der Waals surface area contributed by atoms with Crippen LogP contribution in [0, 0.1) is 0 Å². The maximum atomic E-state index is 12.7. The van der Waals surface area contributed by atoms with E-state index in [1.165, 1.54) is 25.1 Å². The molecule has 0 aliphatic heterocycles. The van der Waals surface area contributed by atoms with Gasteiger partial charge in [0.15, 0.2) is 9.84 Å². The molecular weight excluding hydrogens is 366 g/mol. The second-order valence-electron chi connectivity index (χ2n) is 7.52. The zero-order valence-electron chi connectivity index (χ0n) is 15.8. The first-order chi connectivity index (χ1) is 12.8. The molecule has 1 amide bonds. The molecule has 1 aromatic heterocycles. The van der Waals surface area contributed by atoms with Gasteiger partial charge in [0.05, 0.1) is 0 Å². The third-order valence-corrected chi connectivity index (χ3v) is 5.69. The summed E-state index contributed by atoms with van der Waals surface area (Å²) in [6, 6.07) is -0.446. The molecule has 0 spiro atoms. The molecule has 1 heterocycles. The molecule has 27 heavy (non-hydrogen) atoms. The highest BCUT2D eigenvalue weighted by molar-refractivity contribution is 7.93. The van der Waals surface area contributed by atoms with E-state index in [1.54, 1.807) is 6.92 Å². The second kappa shape index (κ2) is 8.37. The molecule has 1 unspecified atom stereocenters. The highest BCUT2D eigenvalue weighted by atomic mass is 32.2. The van der Waals surface area contributed by atoms with E-state index in [0.717, 1.165) is 49.6 Å². The number of ether oxygens (including phenoxy) is 1. The van der Waals surface area contributed by atoms with Crippen molar-refractivity contribution in [3.8, 4) is 5.88 Å². The second-order valence-corrected chi connectivity index (χ2v) is 9.45. The van der Waals surface area contributed by atoms with E-state index in [1.807, 2.05) is 0 Å². The van der Waals surface area contributed by atoms with Gasteiger partial charge in [0.25, 0.3) is 5.91 Å². The van der Waals surface area contributed by atoms with E-state index < -0.39 is 15.9 Å². The van der Waals surface area contributed by atoms with E-state index in [0.29, 0.717) is 17.4 Å². The van der Waals surface area contributed by atoms with Gasteiger partial charge in [0.2, 0.25) is 5.88 Å². The van der Waals surface area contributed by atoms with Crippen LogP contribution in [0.25, 0.3) is 0 Å². The van der Waals surface area contributed by atoms with Crippen molar-refractivity contribution in [2.45, 2.75) is 69.9 Å². The zero-order valence-corrected chi connectivity index (χ0v) is 16.7. The number of nitrogens with zero attached hydrogens (tertiary/aromatic N) is 2. The summed E-state index contributed by atoms with van der Waals surface area (Å²) in [5, 5.41) is 3.84. The van der Waals surface area contributed by atoms with E-state index >= 15 is 0 Å². The molecule has 7 nitrogen and oxygen atoms in total. The van der Waals surface area contributed by atoms with E-state index in [4.69, 9.17) is 4.74 Å². The third kappa shape index (κ3) is 5.51. The molecule has 1 aromatic rings. The molecule has 3 rings (SSSR count). The standard InChI is InChI=1S/C19H27N3O4S/c1-13(10-11-27(2,24)25)21-18(23)16-12-20-17(14-6-3-4-7-14)22-19(16)26-15-8-5-9-15/h10-15H,3-9H2,1-2H3,(H,21,23). The van der Waals surface area contributed by atoms with Crippen molar-refractivity contribution >= 4 is 15.7 Å². The van der Waals surface area contributed by atoms with Gasteiger partial charge in [-0.05, 0) is 39.0 Å². The molecule has 0 aromatic carbocycles. The van der Waals surface area contributed by atoms with Crippen molar-refractivity contribution in [2.75, 3.05) is 6.26 Å². The quantitative estimate of drug-likeness (QED) is 0.765. The number of nitrogens with one attached hydrogen (secondary N) is 1. The fourth-order valence-electron chi connectivity index (χ4n) is 3.25. The molecule has 1 N–H and O–H groups in total. The van der Waals surface area contributed by atoms with E-state index in [2.05, 4.69) is 15.3 Å². The summed E-state index contributed by atoms with van der Waals surface area (Å²) in [6.45, 7) is 1.71. The Labute approximate surface area is 160 Å². The van der Waals surface area contributed by atoms with Crippen LogP contribution in [0.3, 0.4) is 0 Å². The first-order valence-corrected chi connectivity index (χ1v) is 11.5. The van der Waals surface area contributed by atoms with Crippen molar-refractivity contribution in [3.05, 3.63) is 29.1 Å². The van der Waals surface area contributed by atoms with Gasteiger partial charge in [0.1, 0.15) is 17.5 Å². The van der Waals surface area contributed by atoms with Crippen molar-refractivity contribution in [2.24, 2.45) is 0 Å². The molecule has 8 heteroatoms. The van der Waals surface area contributed by atoms with Gasteiger partial charge in [-0.2, -0.15) is 4.98 Å². The van der Waals surface area contributed by atoms with Gasteiger partial charge in [-0.3, -0.25) is 4.79 Å². The van der Waals surface area contributed by atoms with Crippen LogP contribution in [0.1, 0.15) is 74.0 Å². The van der Waals surface area contributed by atoms with E-state index in [9.17, 15) is 13.2 Å². The Bertz CT molecular complexity index is 812. The monoisotopic (exact) mass is 393 g/mol. The van der Waals surface area contributed by atoms with Crippen LogP contribution in [0.5, 0.6) is 5.88 Å². The van der Waals surface area contributed by atoms with Gasteiger partial charge in [-0.15, -0.1) is 0 Å². The third-order valence-electron chi connectivity index (χ3n) is 5.04. The Balaban J connectivity index is 1.77. The SMILES string of the molecule is CC(C=CS(C)(=O)=O)NC(=O)c1cnc(C2CCCC2)nc1OC1CCC1. The molecule has 0 bridgehead atoms. The minimum Gasteiger partial charge on any atom is -0.474 e. The largest absolute Gasteiger partial charge is 0.474 e. The number of rotatable bonds is 7. The highest BCUT2D eigenvalue weighted by Crippen LogP contribution is 2.34. The van der Waals surface area contributed by atoms with Crippen molar-refractivity contribution < 1.29 is 17.9 Å². The maximum absolute atomic E-state index is 12.7. The smallest absolute Gasteiger partial charge is 0.258 e. The van der Waals surface area contributed by atoms with Gasteiger partial charge < -0.3 is 10.1 Å². The Morgan fingerprint density at radius 3 is 2.56 bits per heavy atom. The fourth-order valence-corrected chi connectivity index (χ4v) is 3.77. The number of carbonyl (C=O) groups is 1. The molecule has 0 radical (unpaired) electrons. The van der Waals surface area contributed by atoms with Gasteiger partial charge >= 0.3 is 0 Å². The van der Waals surface area contributed by atoms with Crippen LogP contribution in [0.4, 0.5) is 0 Å². The van der Waals surface area contributed by atoms with Crippen LogP contribution in [0.2, 0.25) is 0 Å². The summed E-state index contributed by atoms with van der Waals surface area (Å²) < 4.78 is 28.4. The lowest BCUT2D eigenvalue weighted by Gasteiger charge is -2.27. The summed E-state index contributed by atoms with van der Waals surface area (Å²) in [4.78, 5) is 21.7. The molecule has 148 valence electrons. The molecule has 2 aliphatic carbocycles. The first kappa shape index (κ1) is 19.8. The Kier molecular flexibility index (Phi) is 6.14. The Morgan fingerprint density at radius 1 is 1.26 bits per heavy atom. The molecular formula is C19H27N3O4S. The minimum absolute atomic E-state index is 0.102. The average molecular weight is 394 g/mol. The highest BCUT2D eigenvalue weighted by Gasteiger charge is 2.27. The topological polar surface area (TPSA) is 98.2 Å². The summed E-state index contributed by atoms with van der Waals surface area (Å²) in [6.07, 6.45) is 11.8. The first-order valence-electron chi connectivity index (χ1n) is 9.54. The van der Waals surface area contributed by atoms with Gasteiger partial charge in [-0.25, -0.2) is 13.4 Å². The summed E-state index contributed by atoms with van der Waals surface area (Å²) >= 11 is 0. The molecule has 0 saturated heterocycles. The fraction of sp³-hybridized carbons (Fsp3) is 0.632. The maximum Gasteiger partial charge on any atom is 0.258 e. The molecule has 2 fully saturated rings. The summed E-state index contributed by atoms with van der Waals surface area (Å²) in [5.74, 6) is 1.06. The number of amides is 1. The number of carbonyl (C=O) groups excluding carboxylic acids is 1. The zero-order chi connectivity index (χ0) is 19.4. The van der Waals surface area contributed by atoms with Crippen molar-refractivity contribution in [3.63, 3.8) is 0 Å². The number of sulfone groups is 1. The lowest BCUT2D eigenvalue weighted by molar-refractivity contribution is 0.0911. The predicted molar refractivity (Wildman–Crippen MR) is 102 cm³/mol. The van der Waals surface area contributed by atoms with Crippen LogP contribution < -0.4 is 10.1 Å². The minimum atomic E-state index is -3.24. The number of hydrogen-bond donors (Lipinski definition) is 1. The lowest BCUT2D eigenvalue weighted by Crippen LogP contribution is -2.33. The summed E-state index contributed by atoms with van der Waals surface area (Å²) in [5.41, 5.74) is 0.295. The Morgan fingerprint density at radius 2 is 1.96 bits per heavy atom. The number of hydrogen-bond acceptors (Lipinski definition) is 6. The van der Waals surface area contributed by atoms with E-state index in [-0.39, 0.29) is 12.0 Å². The van der Waals surface area contributed by atoms with Crippen LogP contribution in [-0.4, -0.2) is 42.7 Å².